The number of hydrogen-bond donors (Lipinski definition) is 2. The zero-order chi connectivity index (χ0) is 17.9. The third-order valence-corrected chi connectivity index (χ3v) is 6.24. The number of fused-ring (bicyclic) bond motifs is 3. The van der Waals surface area contributed by atoms with Gasteiger partial charge in [-0.3, -0.25) is 9.59 Å². The van der Waals surface area contributed by atoms with Gasteiger partial charge in [0.25, 0.3) is 5.56 Å². The SMILES string of the molecule is O=C(CCc1nc2sc3c(c2c(=O)[nH]1)CCC3)NCCCOCC1CC1. The minimum atomic E-state index is -0.0578. The van der Waals surface area contributed by atoms with E-state index < -0.39 is 0 Å². The lowest BCUT2D eigenvalue weighted by Gasteiger charge is -2.06. The molecule has 2 N–H and O–H groups in total. The van der Waals surface area contributed by atoms with Crippen LogP contribution in [0.1, 0.15) is 48.4 Å². The van der Waals surface area contributed by atoms with Gasteiger partial charge < -0.3 is 15.0 Å². The largest absolute Gasteiger partial charge is 0.381 e. The number of carbonyl (C=O) groups is 1. The van der Waals surface area contributed by atoms with E-state index in [1.54, 1.807) is 11.3 Å². The van der Waals surface area contributed by atoms with Crippen LogP contribution in [0.25, 0.3) is 10.2 Å². The average Bonchev–Trinajstić information content (AvgIpc) is 3.21. The normalized spacial score (nSPS) is 16.2. The first-order chi connectivity index (χ1) is 12.7. The number of rotatable bonds is 9. The van der Waals surface area contributed by atoms with Crippen molar-refractivity contribution >= 4 is 27.5 Å². The molecule has 2 aliphatic rings. The summed E-state index contributed by atoms with van der Waals surface area (Å²) >= 11 is 1.63. The summed E-state index contributed by atoms with van der Waals surface area (Å²) in [5.41, 5.74) is 1.13. The average molecular weight is 375 g/mol. The van der Waals surface area contributed by atoms with Gasteiger partial charge in [-0.15, -0.1) is 11.3 Å². The molecule has 0 radical (unpaired) electrons. The number of aromatic nitrogens is 2. The molecule has 26 heavy (non-hydrogen) atoms. The highest BCUT2D eigenvalue weighted by molar-refractivity contribution is 7.18. The molecule has 0 spiro atoms. The fourth-order valence-electron chi connectivity index (χ4n) is 3.42. The fraction of sp³-hybridized carbons (Fsp3) is 0.632. The van der Waals surface area contributed by atoms with E-state index in [-0.39, 0.29) is 11.5 Å². The van der Waals surface area contributed by atoms with Gasteiger partial charge in [0.1, 0.15) is 10.7 Å². The number of hydrogen-bond acceptors (Lipinski definition) is 5. The third kappa shape index (κ3) is 4.15. The molecule has 6 nitrogen and oxygen atoms in total. The van der Waals surface area contributed by atoms with Crippen LogP contribution in [0.2, 0.25) is 0 Å². The molecule has 2 aromatic heterocycles. The Kier molecular flexibility index (Phi) is 5.36. The first-order valence-corrected chi connectivity index (χ1v) is 10.4. The molecule has 2 heterocycles. The lowest BCUT2D eigenvalue weighted by Crippen LogP contribution is -2.26. The fourth-order valence-corrected chi connectivity index (χ4v) is 4.70. The van der Waals surface area contributed by atoms with Crippen LogP contribution in [0.3, 0.4) is 0 Å². The van der Waals surface area contributed by atoms with Crippen molar-refractivity contribution in [1.82, 2.24) is 15.3 Å². The van der Waals surface area contributed by atoms with E-state index in [0.717, 1.165) is 48.4 Å². The standard InChI is InChI=1S/C19H25N3O3S/c23-16(20-9-2-10-25-11-12-5-6-12)8-7-15-21-18(24)17-13-3-1-4-14(13)26-19(17)22-15/h12H,1-11H2,(H,20,23)(H,21,22,24). The van der Waals surface area contributed by atoms with Crippen molar-refractivity contribution in [3.8, 4) is 0 Å². The van der Waals surface area contributed by atoms with E-state index in [1.807, 2.05) is 0 Å². The van der Waals surface area contributed by atoms with Crippen molar-refractivity contribution in [3.63, 3.8) is 0 Å². The summed E-state index contributed by atoms with van der Waals surface area (Å²) in [6.45, 7) is 2.19. The predicted octanol–water partition coefficient (Wildman–Crippen LogP) is 2.34. The molecular weight excluding hydrogens is 350 g/mol. The molecule has 2 aliphatic carbocycles. The topological polar surface area (TPSA) is 84.1 Å². The predicted molar refractivity (Wildman–Crippen MR) is 102 cm³/mol. The van der Waals surface area contributed by atoms with E-state index in [0.29, 0.717) is 31.8 Å². The van der Waals surface area contributed by atoms with E-state index in [4.69, 9.17) is 4.74 Å². The molecule has 0 atom stereocenters. The van der Waals surface area contributed by atoms with Crippen molar-refractivity contribution in [3.05, 3.63) is 26.6 Å². The van der Waals surface area contributed by atoms with Gasteiger partial charge in [0.05, 0.1) is 5.39 Å². The van der Waals surface area contributed by atoms with Gasteiger partial charge in [-0.25, -0.2) is 4.98 Å². The summed E-state index contributed by atoms with van der Waals surface area (Å²) in [6, 6.07) is 0. The quantitative estimate of drug-likeness (QED) is 0.659. The van der Waals surface area contributed by atoms with Crippen molar-refractivity contribution < 1.29 is 9.53 Å². The molecule has 140 valence electrons. The second-order valence-electron chi connectivity index (χ2n) is 7.27. The number of nitrogens with one attached hydrogen (secondary N) is 2. The Labute approximate surface area is 156 Å². The number of amides is 1. The Morgan fingerprint density at radius 1 is 1.35 bits per heavy atom. The zero-order valence-corrected chi connectivity index (χ0v) is 15.8. The van der Waals surface area contributed by atoms with E-state index in [1.165, 1.54) is 23.3 Å². The first kappa shape index (κ1) is 17.7. The van der Waals surface area contributed by atoms with Crippen LogP contribution in [-0.2, 0) is 28.8 Å². The number of carbonyl (C=O) groups excluding carboxylic acids is 1. The summed E-state index contributed by atoms with van der Waals surface area (Å²) in [7, 11) is 0. The number of aryl methyl sites for hydroxylation is 3. The first-order valence-electron chi connectivity index (χ1n) is 9.58. The lowest BCUT2D eigenvalue weighted by atomic mass is 10.2. The van der Waals surface area contributed by atoms with Gasteiger partial charge in [-0.05, 0) is 50.0 Å². The Balaban J connectivity index is 1.23. The van der Waals surface area contributed by atoms with Crippen LogP contribution >= 0.6 is 11.3 Å². The second kappa shape index (κ2) is 7.88. The molecule has 7 heteroatoms. The van der Waals surface area contributed by atoms with E-state index in [9.17, 15) is 9.59 Å². The van der Waals surface area contributed by atoms with E-state index in [2.05, 4.69) is 15.3 Å². The number of H-pyrrole nitrogens is 1. The highest BCUT2D eigenvalue weighted by Crippen LogP contribution is 2.34. The molecule has 1 saturated carbocycles. The Morgan fingerprint density at radius 2 is 2.23 bits per heavy atom. The third-order valence-electron chi connectivity index (χ3n) is 5.05. The van der Waals surface area contributed by atoms with Crippen LogP contribution in [-0.4, -0.2) is 35.6 Å². The molecule has 0 aliphatic heterocycles. The summed E-state index contributed by atoms with van der Waals surface area (Å²) in [6.07, 6.45) is 7.38. The van der Waals surface area contributed by atoms with Gasteiger partial charge >= 0.3 is 0 Å². The molecule has 0 saturated heterocycles. The maximum absolute atomic E-state index is 12.4. The Morgan fingerprint density at radius 3 is 3.08 bits per heavy atom. The van der Waals surface area contributed by atoms with Crippen molar-refractivity contribution in [2.45, 2.75) is 51.4 Å². The highest BCUT2D eigenvalue weighted by Gasteiger charge is 2.21. The van der Waals surface area contributed by atoms with Crippen molar-refractivity contribution in [2.75, 3.05) is 19.8 Å². The maximum Gasteiger partial charge on any atom is 0.259 e. The summed E-state index contributed by atoms with van der Waals surface area (Å²) in [5.74, 6) is 1.37. The summed E-state index contributed by atoms with van der Waals surface area (Å²) in [4.78, 5) is 33.9. The molecule has 4 rings (SSSR count). The molecule has 2 aromatic rings. The minimum Gasteiger partial charge on any atom is -0.381 e. The molecule has 0 unspecified atom stereocenters. The molecular formula is C19H25N3O3S. The maximum atomic E-state index is 12.4. The van der Waals surface area contributed by atoms with Gasteiger partial charge in [-0.1, -0.05) is 0 Å². The van der Waals surface area contributed by atoms with Gasteiger partial charge in [0.15, 0.2) is 0 Å². The minimum absolute atomic E-state index is 0.0105. The number of aromatic amines is 1. The van der Waals surface area contributed by atoms with Crippen LogP contribution in [0, 0.1) is 5.92 Å². The van der Waals surface area contributed by atoms with Crippen LogP contribution in [0.15, 0.2) is 4.79 Å². The van der Waals surface area contributed by atoms with Crippen molar-refractivity contribution in [2.24, 2.45) is 5.92 Å². The monoisotopic (exact) mass is 375 g/mol. The molecule has 0 aromatic carbocycles. The molecule has 1 amide bonds. The van der Waals surface area contributed by atoms with Gasteiger partial charge in [0, 0.05) is 37.5 Å². The number of ether oxygens (including phenoxy) is 1. The van der Waals surface area contributed by atoms with Gasteiger partial charge in [0.2, 0.25) is 5.91 Å². The summed E-state index contributed by atoms with van der Waals surface area (Å²) in [5, 5.41) is 3.67. The number of thiophene rings is 1. The zero-order valence-electron chi connectivity index (χ0n) is 14.9. The highest BCUT2D eigenvalue weighted by atomic mass is 32.1. The number of nitrogens with zero attached hydrogens (tertiary/aromatic N) is 1. The van der Waals surface area contributed by atoms with Crippen molar-refractivity contribution in [1.29, 1.82) is 0 Å². The molecule has 0 bridgehead atoms. The smallest absolute Gasteiger partial charge is 0.259 e. The molecule has 1 fully saturated rings. The Bertz CT molecular complexity index is 854. The summed E-state index contributed by atoms with van der Waals surface area (Å²) < 4.78 is 5.55. The second-order valence-corrected chi connectivity index (χ2v) is 8.36. The van der Waals surface area contributed by atoms with E-state index >= 15 is 0 Å². The van der Waals surface area contributed by atoms with Crippen LogP contribution in [0.4, 0.5) is 0 Å². The lowest BCUT2D eigenvalue weighted by molar-refractivity contribution is -0.121. The van der Waals surface area contributed by atoms with Crippen LogP contribution in [0.5, 0.6) is 0 Å². The van der Waals surface area contributed by atoms with Gasteiger partial charge in [-0.2, -0.15) is 0 Å². The Hall–Kier alpha value is -1.73. The van der Waals surface area contributed by atoms with Crippen LogP contribution < -0.4 is 10.9 Å².